The molecule has 2 rings (SSSR count). The van der Waals surface area contributed by atoms with E-state index in [-0.39, 0.29) is 0 Å². The van der Waals surface area contributed by atoms with Crippen LogP contribution >= 0.6 is 11.6 Å². The Morgan fingerprint density at radius 1 is 1.11 bits per heavy atom. The molecule has 1 aromatic carbocycles. The Balaban J connectivity index is 2.14. The Kier molecular flexibility index (Phi) is 4.73. The second-order valence-electron chi connectivity index (χ2n) is 4.24. The lowest BCUT2D eigenvalue weighted by Crippen LogP contribution is -2.12. The molecule has 1 heterocycles. The van der Waals surface area contributed by atoms with E-state index >= 15 is 0 Å². The van der Waals surface area contributed by atoms with E-state index < -0.39 is 0 Å². The molecule has 0 spiro atoms. The minimum absolute atomic E-state index is 0.819. The van der Waals surface area contributed by atoms with E-state index in [1.165, 1.54) is 11.1 Å². The minimum Gasteiger partial charge on any atom is -0.313 e. The summed E-state index contributed by atoms with van der Waals surface area (Å²) in [6.07, 6.45) is 4.56. The molecular formula is C15H17ClN2. The highest BCUT2D eigenvalue weighted by molar-refractivity contribution is 6.31. The van der Waals surface area contributed by atoms with E-state index in [1.807, 2.05) is 30.6 Å². The molecule has 0 aliphatic heterocycles. The number of rotatable bonds is 5. The summed E-state index contributed by atoms with van der Waals surface area (Å²) in [6, 6.07) is 10.3. The van der Waals surface area contributed by atoms with E-state index in [1.54, 1.807) is 0 Å². The van der Waals surface area contributed by atoms with Gasteiger partial charge in [0.05, 0.1) is 0 Å². The highest BCUT2D eigenvalue weighted by Gasteiger charge is 2.02. The van der Waals surface area contributed by atoms with Gasteiger partial charge >= 0.3 is 0 Å². The third-order valence-electron chi connectivity index (χ3n) is 2.83. The normalized spacial score (nSPS) is 10.6. The van der Waals surface area contributed by atoms with Gasteiger partial charge in [0.15, 0.2) is 0 Å². The first-order chi connectivity index (χ1) is 8.79. The van der Waals surface area contributed by atoms with Crippen molar-refractivity contribution < 1.29 is 0 Å². The van der Waals surface area contributed by atoms with E-state index in [0.717, 1.165) is 30.1 Å². The van der Waals surface area contributed by atoms with Crippen LogP contribution in [0.2, 0.25) is 5.02 Å². The second kappa shape index (κ2) is 6.53. The molecule has 0 aliphatic rings. The lowest BCUT2D eigenvalue weighted by Gasteiger charge is -2.08. The minimum atomic E-state index is 0.819. The summed E-state index contributed by atoms with van der Waals surface area (Å²) >= 11 is 6.18. The zero-order chi connectivity index (χ0) is 12.8. The molecule has 0 aliphatic carbocycles. The number of halogens is 1. The number of pyridine rings is 1. The zero-order valence-corrected chi connectivity index (χ0v) is 11.2. The topological polar surface area (TPSA) is 24.9 Å². The van der Waals surface area contributed by atoms with Crippen LogP contribution < -0.4 is 5.32 Å². The molecule has 1 N–H and O–H groups in total. The molecule has 18 heavy (non-hydrogen) atoms. The van der Waals surface area contributed by atoms with Gasteiger partial charge in [-0.3, -0.25) is 4.98 Å². The monoisotopic (exact) mass is 260 g/mol. The van der Waals surface area contributed by atoms with Gasteiger partial charge in [0.1, 0.15) is 0 Å². The molecule has 0 bridgehead atoms. The van der Waals surface area contributed by atoms with Crippen molar-refractivity contribution in [2.45, 2.75) is 19.9 Å². The fourth-order valence-electron chi connectivity index (χ4n) is 1.87. The summed E-state index contributed by atoms with van der Waals surface area (Å²) in [5.41, 5.74) is 3.70. The predicted octanol–water partition coefficient (Wildman–Crippen LogP) is 3.44. The van der Waals surface area contributed by atoms with Crippen molar-refractivity contribution in [2.75, 3.05) is 6.54 Å². The van der Waals surface area contributed by atoms with Crippen LogP contribution in [0.5, 0.6) is 0 Å². The summed E-state index contributed by atoms with van der Waals surface area (Å²) in [5.74, 6) is 0. The van der Waals surface area contributed by atoms with Crippen molar-refractivity contribution in [2.24, 2.45) is 0 Å². The first-order valence-corrected chi connectivity index (χ1v) is 6.54. The molecule has 0 amide bonds. The summed E-state index contributed by atoms with van der Waals surface area (Å²) in [6.45, 7) is 3.86. The average molecular weight is 261 g/mol. The van der Waals surface area contributed by atoms with Crippen LogP contribution in [0.15, 0.2) is 42.7 Å². The number of nitrogens with zero attached hydrogens (tertiary/aromatic N) is 1. The molecule has 0 radical (unpaired) electrons. The van der Waals surface area contributed by atoms with Crippen LogP contribution in [0, 0.1) is 0 Å². The maximum Gasteiger partial charge on any atom is 0.0451 e. The lowest BCUT2D eigenvalue weighted by atomic mass is 10.0. The van der Waals surface area contributed by atoms with Crippen LogP contribution in [-0.4, -0.2) is 11.5 Å². The molecule has 0 saturated carbocycles. The summed E-state index contributed by atoms with van der Waals surface area (Å²) < 4.78 is 0. The van der Waals surface area contributed by atoms with Crippen molar-refractivity contribution in [3.8, 4) is 0 Å². The van der Waals surface area contributed by atoms with Gasteiger partial charge in [-0.2, -0.15) is 0 Å². The molecular weight excluding hydrogens is 244 g/mol. The summed E-state index contributed by atoms with van der Waals surface area (Å²) in [4.78, 5) is 4.03. The lowest BCUT2D eigenvalue weighted by molar-refractivity contribution is 0.726. The van der Waals surface area contributed by atoms with E-state index in [9.17, 15) is 0 Å². The number of nitrogens with one attached hydrogen (secondary N) is 1. The Morgan fingerprint density at radius 3 is 2.61 bits per heavy atom. The quantitative estimate of drug-likeness (QED) is 0.891. The van der Waals surface area contributed by atoms with Crippen LogP contribution in [0.25, 0.3) is 0 Å². The van der Waals surface area contributed by atoms with Crippen molar-refractivity contribution in [1.82, 2.24) is 10.3 Å². The standard InChI is InChI=1S/C15H17ClN2/c1-2-17-11-14-10-13(3-4-15(14)16)9-12-5-7-18-8-6-12/h3-8,10,17H,2,9,11H2,1H3. The fourth-order valence-corrected chi connectivity index (χ4v) is 2.05. The number of hydrogen-bond acceptors (Lipinski definition) is 2. The number of benzene rings is 1. The van der Waals surface area contributed by atoms with Gasteiger partial charge in [-0.25, -0.2) is 0 Å². The molecule has 0 unspecified atom stereocenters. The highest BCUT2D eigenvalue weighted by atomic mass is 35.5. The van der Waals surface area contributed by atoms with E-state index in [2.05, 4.69) is 29.4 Å². The maximum atomic E-state index is 6.18. The van der Waals surface area contributed by atoms with Gasteiger partial charge in [0.25, 0.3) is 0 Å². The molecule has 0 fully saturated rings. The largest absolute Gasteiger partial charge is 0.313 e. The van der Waals surface area contributed by atoms with Gasteiger partial charge in [0.2, 0.25) is 0 Å². The van der Waals surface area contributed by atoms with Crippen molar-refractivity contribution in [3.63, 3.8) is 0 Å². The first-order valence-electron chi connectivity index (χ1n) is 6.16. The van der Waals surface area contributed by atoms with Crippen LogP contribution in [-0.2, 0) is 13.0 Å². The highest BCUT2D eigenvalue weighted by Crippen LogP contribution is 2.19. The second-order valence-corrected chi connectivity index (χ2v) is 4.65. The van der Waals surface area contributed by atoms with Gasteiger partial charge in [0, 0.05) is 24.0 Å². The van der Waals surface area contributed by atoms with Crippen molar-refractivity contribution >= 4 is 11.6 Å². The number of aromatic nitrogens is 1. The Morgan fingerprint density at radius 2 is 1.89 bits per heavy atom. The van der Waals surface area contributed by atoms with Gasteiger partial charge in [-0.05, 0) is 47.9 Å². The van der Waals surface area contributed by atoms with Crippen LogP contribution in [0.3, 0.4) is 0 Å². The molecule has 94 valence electrons. The molecule has 0 saturated heterocycles. The van der Waals surface area contributed by atoms with Crippen molar-refractivity contribution in [1.29, 1.82) is 0 Å². The average Bonchev–Trinajstić information content (AvgIpc) is 2.40. The van der Waals surface area contributed by atoms with Crippen molar-refractivity contribution in [3.05, 3.63) is 64.4 Å². The first kappa shape index (κ1) is 13.1. The Hall–Kier alpha value is -1.38. The van der Waals surface area contributed by atoms with E-state index in [0.29, 0.717) is 0 Å². The SMILES string of the molecule is CCNCc1cc(Cc2ccncc2)ccc1Cl. The third-order valence-corrected chi connectivity index (χ3v) is 3.20. The molecule has 0 atom stereocenters. The van der Waals surface area contributed by atoms with E-state index in [4.69, 9.17) is 11.6 Å². The third kappa shape index (κ3) is 3.56. The smallest absolute Gasteiger partial charge is 0.0451 e. The molecule has 2 aromatic rings. The van der Waals surface area contributed by atoms with Gasteiger partial charge < -0.3 is 5.32 Å². The Bertz CT molecular complexity index is 497. The number of hydrogen-bond donors (Lipinski definition) is 1. The molecule has 3 heteroatoms. The molecule has 1 aromatic heterocycles. The van der Waals surface area contributed by atoms with Gasteiger partial charge in [-0.1, -0.05) is 30.7 Å². The van der Waals surface area contributed by atoms with Gasteiger partial charge in [-0.15, -0.1) is 0 Å². The zero-order valence-electron chi connectivity index (χ0n) is 10.5. The Labute approximate surface area is 113 Å². The predicted molar refractivity (Wildman–Crippen MR) is 75.9 cm³/mol. The van der Waals surface area contributed by atoms with Crippen LogP contribution in [0.1, 0.15) is 23.6 Å². The summed E-state index contributed by atoms with van der Waals surface area (Å²) in [5, 5.41) is 4.13. The molecule has 2 nitrogen and oxygen atoms in total. The maximum absolute atomic E-state index is 6.18. The fraction of sp³-hybridized carbons (Fsp3) is 0.267. The van der Waals surface area contributed by atoms with Crippen LogP contribution in [0.4, 0.5) is 0 Å². The summed E-state index contributed by atoms with van der Waals surface area (Å²) in [7, 11) is 0.